The predicted octanol–water partition coefficient (Wildman–Crippen LogP) is 1.51. The van der Waals surface area contributed by atoms with Gasteiger partial charge in [-0.1, -0.05) is 23.9 Å². The van der Waals surface area contributed by atoms with Gasteiger partial charge in [-0.2, -0.15) is 0 Å². The number of benzene rings is 1. The van der Waals surface area contributed by atoms with Crippen LogP contribution in [-0.2, 0) is 16.0 Å². The Bertz CT molecular complexity index is 1140. The molecule has 0 bridgehead atoms. The average Bonchev–Trinajstić information content (AvgIpc) is 3.04. The van der Waals surface area contributed by atoms with Crippen molar-refractivity contribution in [1.82, 2.24) is 24.7 Å². The number of hydrogen-bond donors (Lipinski definition) is 2. The Morgan fingerprint density at radius 2 is 1.97 bits per heavy atom. The summed E-state index contributed by atoms with van der Waals surface area (Å²) in [7, 11) is 1.34. The summed E-state index contributed by atoms with van der Waals surface area (Å²) < 4.78 is 6.65. The van der Waals surface area contributed by atoms with E-state index in [4.69, 9.17) is 4.74 Å². The maximum Gasteiger partial charge on any atom is 0.325 e. The van der Waals surface area contributed by atoms with E-state index in [1.807, 2.05) is 36.6 Å². The number of esters is 1. The Hall–Kier alpha value is -3.14. The minimum absolute atomic E-state index is 0.187. The zero-order valence-corrected chi connectivity index (χ0v) is 17.3. The molecule has 0 amide bonds. The molecule has 0 aliphatic rings. The lowest BCUT2D eigenvalue weighted by Gasteiger charge is -2.15. The molecule has 2 heterocycles. The molecule has 9 nitrogen and oxygen atoms in total. The number of aromatic nitrogens is 5. The molecule has 0 saturated carbocycles. The van der Waals surface area contributed by atoms with Crippen molar-refractivity contribution in [3.63, 3.8) is 0 Å². The van der Waals surface area contributed by atoms with Crippen molar-refractivity contribution in [2.24, 2.45) is 0 Å². The summed E-state index contributed by atoms with van der Waals surface area (Å²) in [6.07, 6.45) is 0.187. The smallest absolute Gasteiger partial charge is 0.325 e. The van der Waals surface area contributed by atoms with E-state index in [2.05, 4.69) is 20.2 Å². The number of hydrogen-bond acceptors (Lipinski definition) is 7. The van der Waals surface area contributed by atoms with Crippen molar-refractivity contribution >= 4 is 17.7 Å². The largest absolute Gasteiger partial charge is 0.468 e. The Labute approximate surface area is 170 Å². The van der Waals surface area contributed by atoms with Crippen LogP contribution in [0.2, 0.25) is 0 Å². The van der Waals surface area contributed by atoms with Crippen LogP contribution in [-0.4, -0.2) is 43.1 Å². The summed E-state index contributed by atoms with van der Waals surface area (Å²) in [5.41, 5.74) is 2.23. The molecule has 29 heavy (non-hydrogen) atoms. The highest BCUT2D eigenvalue weighted by Gasteiger charge is 2.22. The van der Waals surface area contributed by atoms with Crippen LogP contribution in [0.4, 0.5) is 0 Å². The van der Waals surface area contributed by atoms with Crippen molar-refractivity contribution in [3.8, 4) is 5.69 Å². The average molecular weight is 415 g/mol. The summed E-state index contributed by atoms with van der Waals surface area (Å²) >= 11 is 1.22. The molecule has 0 saturated heterocycles. The van der Waals surface area contributed by atoms with Gasteiger partial charge in [0, 0.05) is 18.2 Å². The first kappa shape index (κ1) is 20.6. The fourth-order valence-electron chi connectivity index (χ4n) is 2.85. The number of aromatic amines is 2. The van der Waals surface area contributed by atoms with E-state index in [1.165, 1.54) is 24.9 Å². The summed E-state index contributed by atoms with van der Waals surface area (Å²) in [5, 5.41) is 8.54. The minimum Gasteiger partial charge on any atom is -0.468 e. The molecule has 2 aromatic heterocycles. The van der Waals surface area contributed by atoms with Crippen LogP contribution >= 0.6 is 11.8 Å². The van der Waals surface area contributed by atoms with E-state index >= 15 is 0 Å². The van der Waals surface area contributed by atoms with Crippen molar-refractivity contribution in [1.29, 1.82) is 0 Å². The van der Waals surface area contributed by atoms with Gasteiger partial charge in [0.1, 0.15) is 11.1 Å². The van der Waals surface area contributed by atoms with Gasteiger partial charge in [0.2, 0.25) is 0 Å². The summed E-state index contributed by atoms with van der Waals surface area (Å²) in [5.74, 6) is 0.158. The monoisotopic (exact) mass is 415 g/mol. The van der Waals surface area contributed by atoms with Crippen LogP contribution in [0.15, 0.2) is 39.0 Å². The van der Waals surface area contributed by atoms with Crippen molar-refractivity contribution in [2.75, 3.05) is 7.11 Å². The SMILES string of the molecule is COC(=O)[C@@H](C)Sc1nnc(Cc2cc(=O)[nH]c(=O)[nH]2)n1-c1cc(C)ccc1C. The second-order valence-corrected chi connectivity index (χ2v) is 7.91. The Morgan fingerprint density at radius 3 is 2.66 bits per heavy atom. The third-order valence-corrected chi connectivity index (χ3v) is 5.31. The number of H-pyrrole nitrogens is 2. The van der Waals surface area contributed by atoms with Crippen LogP contribution in [0.25, 0.3) is 5.69 Å². The number of aryl methyl sites for hydroxylation is 2. The molecule has 152 valence electrons. The van der Waals surface area contributed by atoms with Gasteiger partial charge in [0.25, 0.3) is 5.56 Å². The highest BCUT2D eigenvalue weighted by molar-refractivity contribution is 8.00. The molecule has 0 aliphatic heterocycles. The first-order valence-corrected chi connectivity index (χ1v) is 9.75. The van der Waals surface area contributed by atoms with Gasteiger partial charge in [0.15, 0.2) is 5.16 Å². The van der Waals surface area contributed by atoms with Gasteiger partial charge in [-0.05, 0) is 38.0 Å². The second-order valence-electron chi connectivity index (χ2n) is 6.60. The Balaban J connectivity index is 2.11. The van der Waals surface area contributed by atoms with Gasteiger partial charge in [0.05, 0.1) is 12.8 Å². The van der Waals surface area contributed by atoms with E-state index in [-0.39, 0.29) is 12.4 Å². The third kappa shape index (κ3) is 4.65. The highest BCUT2D eigenvalue weighted by Crippen LogP contribution is 2.28. The van der Waals surface area contributed by atoms with Crippen LogP contribution in [0.5, 0.6) is 0 Å². The Kier molecular flexibility index (Phi) is 6.02. The molecule has 0 radical (unpaired) electrons. The molecular weight excluding hydrogens is 394 g/mol. The van der Waals surface area contributed by atoms with Crippen LogP contribution in [0.1, 0.15) is 29.6 Å². The lowest BCUT2D eigenvalue weighted by atomic mass is 10.1. The van der Waals surface area contributed by atoms with Crippen LogP contribution in [0.3, 0.4) is 0 Å². The number of nitrogens with one attached hydrogen (secondary N) is 2. The molecular formula is C19H21N5O4S. The number of nitrogens with zero attached hydrogens (tertiary/aromatic N) is 3. The summed E-state index contributed by atoms with van der Waals surface area (Å²) in [6.45, 7) is 5.67. The fraction of sp³-hybridized carbons (Fsp3) is 0.316. The zero-order chi connectivity index (χ0) is 21.1. The minimum atomic E-state index is -0.584. The molecule has 10 heteroatoms. The zero-order valence-electron chi connectivity index (χ0n) is 16.5. The molecule has 1 atom stereocenters. The lowest BCUT2D eigenvalue weighted by Crippen LogP contribution is -2.23. The van der Waals surface area contributed by atoms with Crippen LogP contribution in [0, 0.1) is 13.8 Å². The standard InChI is InChI=1S/C19H21N5O4S/c1-10-5-6-11(2)14(7-10)24-15(8-13-9-16(25)21-18(27)20-13)22-23-19(24)29-12(3)17(26)28-4/h5-7,9,12H,8H2,1-4H3,(H2,20,21,25,27)/t12-/m1/s1. The molecule has 2 N–H and O–H groups in total. The molecule has 0 fully saturated rings. The molecule has 0 unspecified atom stereocenters. The van der Waals surface area contributed by atoms with E-state index < -0.39 is 16.5 Å². The van der Waals surface area contributed by atoms with Gasteiger partial charge in [-0.15, -0.1) is 10.2 Å². The van der Waals surface area contributed by atoms with Crippen molar-refractivity contribution < 1.29 is 9.53 Å². The maximum absolute atomic E-state index is 11.9. The quantitative estimate of drug-likeness (QED) is 0.462. The van der Waals surface area contributed by atoms with Gasteiger partial charge < -0.3 is 9.72 Å². The van der Waals surface area contributed by atoms with E-state index in [1.54, 1.807) is 6.92 Å². The van der Waals surface area contributed by atoms with Crippen molar-refractivity contribution in [2.45, 2.75) is 37.6 Å². The van der Waals surface area contributed by atoms with E-state index in [0.29, 0.717) is 16.7 Å². The molecule has 1 aromatic carbocycles. The predicted molar refractivity (Wildman–Crippen MR) is 109 cm³/mol. The molecule has 0 spiro atoms. The van der Waals surface area contributed by atoms with Crippen LogP contribution < -0.4 is 11.2 Å². The number of thioether (sulfide) groups is 1. The second kappa shape index (κ2) is 8.48. The number of rotatable bonds is 6. The number of carbonyl (C=O) groups excluding carboxylic acids is 1. The van der Waals surface area contributed by atoms with Gasteiger partial charge in [-0.25, -0.2) is 4.79 Å². The molecule has 3 aromatic rings. The molecule has 3 rings (SSSR count). The maximum atomic E-state index is 11.9. The highest BCUT2D eigenvalue weighted by atomic mass is 32.2. The van der Waals surface area contributed by atoms with Gasteiger partial charge in [-0.3, -0.25) is 19.1 Å². The first-order valence-electron chi connectivity index (χ1n) is 8.87. The van der Waals surface area contributed by atoms with E-state index in [9.17, 15) is 14.4 Å². The third-order valence-electron chi connectivity index (χ3n) is 4.29. The summed E-state index contributed by atoms with van der Waals surface area (Å²) in [6, 6.07) is 7.30. The van der Waals surface area contributed by atoms with E-state index in [0.717, 1.165) is 16.8 Å². The number of ether oxygens (including phenoxy) is 1. The number of methoxy groups -OCH3 is 1. The summed E-state index contributed by atoms with van der Waals surface area (Å²) in [4.78, 5) is 39.9. The topological polar surface area (TPSA) is 123 Å². The fourth-order valence-corrected chi connectivity index (χ4v) is 3.76. The first-order chi connectivity index (χ1) is 13.8. The number of carbonyl (C=O) groups is 1. The van der Waals surface area contributed by atoms with Crippen molar-refractivity contribution in [3.05, 3.63) is 67.7 Å². The normalized spacial score (nSPS) is 12.0. The Morgan fingerprint density at radius 1 is 1.21 bits per heavy atom. The lowest BCUT2D eigenvalue weighted by molar-refractivity contribution is -0.139. The van der Waals surface area contributed by atoms with Gasteiger partial charge >= 0.3 is 11.7 Å². The molecule has 0 aliphatic carbocycles.